The molecule has 0 aliphatic heterocycles. The van der Waals surface area contributed by atoms with E-state index in [0.29, 0.717) is 5.56 Å². The number of hydrogen-bond donors (Lipinski definition) is 3. The third kappa shape index (κ3) is 4.55. The summed E-state index contributed by atoms with van der Waals surface area (Å²) in [5.74, 6) is -1.02. The number of amides is 2. The maximum atomic E-state index is 11.9. The summed E-state index contributed by atoms with van der Waals surface area (Å²) >= 11 is 4.89. The monoisotopic (exact) mass is 345 g/mol. The van der Waals surface area contributed by atoms with Crippen LogP contribution in [0.15, 0.2) is 48.8 Å². The highest BCUT2D eigenvalue weighted by Gasteiger charge is 2.11. The molecule has 122 valence electrons. The van der Waals surface area contributed by atoms with Crippen molar-refractivity contribution in [2.45, 2.75) is 0 Å². The van der Waals surface area contributed by atoms with Gasteiger partial charge in [0.1, 0.15) is 0 Å². The summed E-state index contributed by atoms with van der Waals surface area (Å²) in [6, 6.07) is 8.02. The van der Waals surface area contributed by atoms with E-state index in [4.69, 9.17) is 12.2 Å². The average Bonchev–Trinajstić information content (AvgIpc) is 2.60. The molecule has 9 nitrogen and oxygen atoms in total. The van der Waals surface area contributed by atoms with Gasteiger partial charge in [0.25, 0.3) is 17.5 Å². The minimum atomic E-state index is -0.569. The number of hydrazine groups is 1. The maximum Gasteiger partial charge on any atom is 0.269 e. The zero-order chi connectivity index (χ0) is 17.5. The highest BCUT2D eigenvalue weighted by molar-refractivity contribution is 7.80. The molecule has 0 fully saturated rings. The van der Waals surface area contributed by atoms with Gasteiger partial charge in [-0.25, -0.2) is 0 Å². The number of non-ortho nitro benzene ring substituents is 1. The molecule has 2 aromatic rings. The average molecular weight is 345 g/mol. The first-order valence-electron chi connectivity index (χ1n) is 6.53. The van der Waals surface area contributed by atoms with E-state index < -0.39 is 16.7 Å². The van der Waals surface area contributed by atoms with Gasteiger partial charge in [-0.15, -0.1) is 0 Å². The Hall–Kier alpha value is -3.40. The number of nitrogens with one attached hydrogen (secondary N) is 3. The van der Waals surface area contributed by atoms with Crippen molar-refractivity contribution in [3.63, 3.8) is 0 Å². The molecule has 0 saturated carbocycles. The molecule has 3 N–H and O–H groups in total. The number of carbonyl (C=O) groups is 2. The van der Waals surface area contributed by atoms with E-state index in [1.54, 1.807) is 0 Å². The van der Waals surface area contributed by atoms with E-state index in [9.17, 15) is 19.7 Å². The molecule has 2 amide bonds. The predicted molar refractivity (Wildman–Crippen MR) is 88.0 cm³/mol. The van der Waals surface area contributed by atoms with Gasteiger partial charge in [-0.05, 0) is 36.5 Å². The van der Waals surface area contributed by atoms with Crippen molar-refractivity contribution in [1.82, 2.24) is 21.2 Å². The minimum Gasteiger partial charge on any atom is -0.298 e. The lowest BCUT2D eigenvalue weighted by molar-refractivity contribution is -0.384. The molecule has 24 heavy (non-hydrogen) atoms. The molecule has 0 aliphatic rings. The van der Waals surface area contributed by atoms with Gasteiger partial charge >= 0.3 is 0 Å². The van der Waals surface area contributed by atoms with Crippen LogP contribution in [0.1, 0.15) is 20.7 Å². The first-order valence-corrected chi connectivity index (χ1v) is 6.94. The van der Waals surface area contributed by atoms with E-state index in [1.165, 1.54) is 48.8 Å². The van der Waals surface area contributed by atoms with Crippen LogP contribution in [0.25, 0.3) is 0 Å². The lowest BCUT2D eigenvalue weighted by Gasteiger charge is -2.10. The van der Waals surface area contributed by atoms with Crippen molar-refractivity contribution < 1.29 is 14.5 Å². The Labute approximate surface area is 141 Å². The number of thiocarbonyl (C=S) groups is 1. The van der Waals surface area contributed by atoms with Gasteiger partial charge < -0.3 is 0 Å². The second kappa shape index (κ2) is 7.74. The second-order valence-corrected chi connectivity index (χ2v) is 4.81. The molecule has 1 heterocycles. The number of pyridine rings is 1. The quantitative estimate of drug-likeness (QED) is 0.429. The van der Waals surface area contributed by atoms with E-state index in [2.05, 4.69) is 21.2 Å². The van der Waals surface area contributed by atoms with Gasteiger partial charge in [-0.3, -0.25) is 40.9 Å². The largest absolute Gasteiger partial charge is 0.298 e. The van der Waals surface area contributed by atoms with Crippen molar-refractivity contribution in [2.24, 2.45) is 0 Å². The van der Waals surface area contributed by atoms with Crippen LogP contribution in [-0.2, 0) is 0 Å². The molecule has 1 aromatic heterocycles. The number of nitrogens with zero attached hydrogens (tertiary/aromatic N) is 2. The summed E-state index contributed by atoms with van der Waals surface area (Å²) in [5.41, 5.74) is 5.12. The predicted octanol–water partition coefficient (Wildman–Crippen LogP) is 0.939. The molecule has 0 saturated heterocycles. The molecule has 2 rings (SSSR count). The van der Waals surface area contributed by atoms with Gasteiger partial charge in [0, 0.05) is 35.7 Å². The Morgan fingerprint density at radius 3 is 2.12 bits per heavy atom. The molecule has 0 spiro atoms. The molecular formula is C14H11N5O4S. The molecule has 0 bridgehead atoms. The van der Waals surface area contributed by atoms with Crippen LogP contribution in [0.2, 0.25) is 0 Å². The van der Waals surface area contributed by atoms with E-state index in [0.717, 1.165) is 0 Å². The van der Waals surface area contributed by atoms with Crippen LogP contribution in [0.3, 0.4) is 0 Å². The minimum absolute atomic E-state index is 0.124. The van der Waals surface area contributed by atoms with Gasteiger partial charge in [0.15, 0.2) is 5.11 Å². The van der Waals surface area contributed by atoms with Crippen molar-refractivity contribution in [3.05, 3.63) is 70.0 Å². The fourth-order valence-electron chi connectivity index (χ4n) is 1.63. The standard InChI is InChI=1S/C14H11N5O4S/c20-12(9-1-3-11(4-2-9)19(22)23)16-14(24)18-17-13(21)10-5-7-15-8-6-10/h1-8H,(H,17,21)(H2,16,18,20,24). The Morgan fingerprint density at radius 1 is 0.958 bits per heavy atom. The van der Waals surface area contributed by atoms with Crippen LogP contribution in [0.4, 0.5) is 5.69 Å². The highest BCUT2D eigenvalue weighted by Crippen LogP contribution is 2.11. The van der Waals surface area contributed by atoms with E-state index >= 15 is 0 Å². The first-order chi connectivity index (χ1) is 11.5. The molecule has 0 radical (unpaired) electrons. The summed E-state index contributed by atoms with van der Waals surface area (Å²) in [6.07, 6.45) is 2.92. The van der Waals surface area contributed by atoms with Gasteiger partial charge in [-0.1, -0.05) is 0 Å². The number of benzene rings is 1. The third-order valence-corrected chi connectivity index (χ3v) is 3.00. The van der Waals surface area contributed by atoms with Crippen molar-refractivity contribution in [2.75, 3.05) is 0 Å². The Kier molecular flexibility index (Phi) is 5.47. The second-order valence-electron chi connectivity index (χ2n) is 4.40. The molecule has 0 atom stereocenters. The summed E-state index contributed by atoms with van der Waals surface area (Å²) in [5, 5.41) is 12.8. The molecule has 0 unspecified atom stereocenters. The maximum absolute atomic E-state index is 11.9. The van der Waals surface area contributed by atoms with Crippen LogP contribution in [-0.4, -0.2) is 26.8 Å². The van der Waals surface area contributed by atoms with Crippen molar-refractivity contribution >= 4 is 34.8 Å². The normalized spacial score (nSPS) is 9.67. The van der Waals surface area contributed by atoms with Crippen molar-refractivity contribution in [3.8, 4) is 0 Å². The van der Waals surface area contributed by atoms with Gasteiger partial charge in [0.2, 0.25) is 0 Å². The summed E-state index contributed by atoms with van der Waals surface area (Å²) in [6.45, 7) is 0. The lowest BCUT2D eigenvalue weighted by Crippen LogP contribution is -2.48. The first kappa shape index (κ1) is 17.0. The SMILES string of the molecule is O=C(NNC(=S)NC(=O)c1ccc([N+](=O)[O-])cc1)c1ccncc1. The molecule has 1 aromatic carbocycles. The van der Waals surface area contributed by atoms with Crippen LogP contribution < -0.4 is 16.2 Å². The van der Waals surface area contributed by atoms with Crippen LogP contribution in [0.5, 0.6) is 0 Å². The Bertz CT molecular complexity index is 780. The van der Waals surface area contributed by atoms with Crippen LogP contribution >= 0.6 is 12.2 Å². The zero-order valence-electron chi connectivity index (χ0n) is 12.1. The fraction of sp³-hybridized carbons (Fsp3) is 0. The number of rotatable bonds is 3. The highest BCUT2D eigenvalue weighted by atomic mass is 32.1. The number of nitro benzene ring substituents is 1. The topological polar surface area (TPSA) is 126 Å². The number of nitro groups is 1. The van der Waals surface area contributed by atoms with Crippen LogP contribution in [0, 0.1) is 10.1 Å². The molecule has 10 heteroatoms. The zero-order valence-corrected chi connectivity index (χ0v) is 12.9. The van der Waals surface area contributed by atoms with Gasteiger partial charge in [-0.2, -0.15) is 0 Å². The Morgan fingerprint density at radius 2 is 1.54 bits per heavy atom. The summed E-state index contributed by atoms with van der Waals surface area (Å²) in [7, 11) is 0. The number of aromatic nitrogens is 1. The van der Waals surface area contributed by atoms with E-state index in [1.807, 2.05) is 0 Å². The number of carbonyl (C=O) groups excluding carboxylic acids is 2. The van der Waals surface area contributed by atoms with Gasteiger partial charge in [0.05, 0.1) is 4.92 Å². The fourth-order valence-corrected chi connectivity index (χ4v) is 1.77. The third-order valence-electron chi connectivity index (χ3n) is 2.80. The van der Waals surface area contributed by atoms with E-state index in [-0.39, 0.29) is 16.4 Å². The Balaban J connectivity index is 1.86. The molecule has 0 aliphatic carbocycles. The summed E-state index contributed by atoms with van der Waals surface area (Å²) in [4.78, 5) is 37.5. The molecular weight excluding hydrogens is 334 g/mol. The number of hydrogen-bond acceptors (Lipinski definition) is 6. The smallest absolute Gasteiger partial charge is 0.269 e. The van der Waals surface area contributed by atoms with Crippen molar-refractivity contribution in [1.29, 1.82) is 0 Å². The lowest BCUT2D eigenvalue weighted by atomic mass is 10.2. The summed E-state index contributed by atoms with van der Waals surface area (Å²) < 4.78 is 0.